The topological polar surface area (TPSA) is 104 Å². The van der Waals surface area contributed by atoms with Gasteiger partial charge in [-0.15, -0.1) is 0 Å². The van der Waals surface area contributed by atoms with Gasteiger partial charge in [0.25, 0.3) is 0 Å². The Labute approximate surface area is 138 Å². The number of amides is 1. The molecule has 9 heteroatoms. The number of nitrogens with one attached hydrogen (secondary N) is 1. The number of hydrogen-bond donors (Lipinski definition) is 3. The monoisotopic (exact) mass is 847 g/mol. The van der Waals surface area contributed by atoms with E-state index in [0.717, 1.165) is 11.1 Å². The molecule has 0 atom stereocenters. The van der Waals surface area contributed by atoms with Crippen molar-refractivity contribution in [1.29, 1.82) is 0 Å². The molecule has 3 N–H and O–H groups in total. The van der Waals surface area contributed by atoms with Gasteiger partial charge in [-0.3, -0.25) is 4.79 Å². The van der Waals surface area contributed by atoms with Gasteiger partial charge >= 0.3 is 5.97 Å². The quantitative estimate of drug-likeness (QED) is 0.249. The Morgan fingerprint density at radius 3 is 2.00 bits per heavy atom. The van der Waals surface area contributed by atoms with E-state index in [1.165, 1.54) is 12.0 Å². The molecule has 26 heavy (non-hydrogen) atoms. The van der Waals surface area contributed by atoms with Crippen LogP contribution in [0.25, 0.3) is 11.1 Å². The van der Waals surface area contributed by atoms with Crippen LogP contribution in [-0.2, 0) is 14.4 Å². The number of rotatable bonds is 4. The van der Waals surface area contributed by atoms with Crippen molar-refractivity contribution in [1.82, 2.24) is 5.32 Å². The van der Waals surface area contributed by atoms with Gasteiger partial charge in [-0.05, 0) is 30.2 Å². The summed E-state index contributed by atoms with van der Waals surface area (Å²) in [5.41, 5.74) is 3.42. The van der Waals surface area contributed by atoms with Crippen molar-refractivity contribution in [2.75, 3.05) is 6.54 Å². The smallest absolute Gasteiger partial charge is 0.320 e. The summed E-state index contributed by atoms with van der Waals surface area (Å²) in [5.74, 6) is -0.758. The fourth-order valence-electron chi connectivity index (χ4n) is 1.54. The fourth-order valence-corrected chi connectivity index (χ4v) is 1.54. The predicted molar refractivity (Wildman–Crippen MR) is 86.4 cm³/mol. The van der Waals surface area contributed by atoms with Crippen LogP contribution in [0.2, 0.25) is 0 Å². The molecule has 0 heterocycles. The zero-order valence-corrected chi connectivity index (χ0v) is 18.2. The number of benzene rings is 2. The van der Waals surface area contributed by atoms with E-state index in [1.54, 1.807) is 12.1 Å². The number of carboxylic acids is 1. The third kappa shape index (κ3) is 11.4. The van der Waals surface area contributed by atoms with Gasteiger partial charge in [0.2, 0.25) is 0 Å². The van der Waals surface area contributed by atoms with E-state index in [0.29, 0.717) is 5.75 Å². The Balaban J connectivity index is -0.000000380. The maximum atomic E-state index is 9.52. The van der Waals surface area contributed by atoms with Crippen LogP contribution >= 0.6 is 0 Å². The van der Waals surface area contributed by atoms with Crippen LogP contribution in [0.1, 0.15) is 5.56 Å². The zero-order chi connectivity index (χ0) is 18.4. The van der Waals surface area contributed by atoms with Gasteiger partial charge in [-0.25, -0.2) is 0 Å². The first-order valence-electron chi connectivity index (χ1n) is 6.60. The van der Waals surface area contributed by atoms with Gasteiger partial charge in [0.15, 0.2) is 0 Å². The molecule has 2 rings (SSSR count). The van der Waals surface area contributed by atoms with Crippen molar-refractivity contribution >= 4 is 18.9 Å². The van der Waals surface area contributed by atoms with Crippen molar-refractivity contribution in [3.8, 4) is 16.9 Å². The van der Waals surface area contributed by atoms with E-state index in [4.69, 9.17) is 9.90 Å². The van der Waals surface area contributed by atoms with E-state index in [2.05, 4.69) is 31.2 Å². The first kappa shape index (κ1) is 25.7. The molecular formula is C17H16FFm2NO5-2. The minimum absolute atomic E-state index is 0. The van der Waals surface area contributed by atoms with Gasteiger partial charge in [-0.1, -0.05) is 48.5 Å². The number of aliphatic carboxylic acids is 1. The Hall–Kier alpha value is -5.22. The van der Waals surface area contributed by atoms with Crippen LogP contribution in [0.15, 0.2) is 48.5 Å². The number of halogens is 1. The summed E-state index contributed by atoms with van der Waals surface area (Å²) < 4.78 is 9.49. The Kier molecular flexibility index (Phi) is 14.5. The maximum absolute atomic E-state index is 9.52. The van der Waals surface area contributed by atoms with E-state index in [-0.39, 0.29) is 13.1 Å². The second kappa shape index (κ2) is 14.7. The van der Waals surface area contributed by atoms with Gasteiger partial charge in [0.05, 0.1) is 6.54 Å². The average molecular weight is 847 g/mol. The number of carbonyl (C=O) groups excluding carboxylic acids is 2. The number of carboxylic acid groups (broad SMARTS) is 1. The van der Waals surface area contributed by atoms with E-state index >= 15 is 0 Å². The van der Waals surface area contributed by atoms with Crippen LogP contribution < -0.4 is 5.32 Å². The average Bonchev–Trinajstić information content (AvgIpc) is 2.55. The Bertz CT molecular complexity index is 654. The molecule has 6 nitrogen and oxygen atoms in total. The molecule has 0 bridgehead atoms. The Morgan fingerprint density at radius 2 is 1.62 bits per heavy atom. The largest absolute Gasteiger partial charge is 0.521 e. The summed E-state index contributed by atoms with van der Waals surface area (Å²) in [6.07, 6.45) is 1.22. The fraction of sp³-hybridized carbons (Fsp3) is 0.118. The minimum Gasteiger partial charge on any atom is -0.521 e. The molecule has 0 saturated heterocycles. The van der Waals surface area contributed by atoms with Gasteiger partial charge < -0.3 is 29.5 Å². The molecule has 0 radical (unpaired) electrons. The summed E-state index contributed by atoms with van der Waals surface area (Å²) in [4.78, 5) is 26.7. The van der Waals surface area contributed by atoms with Crippen molar-refractivity contribution in [3.63, 3.8) is 0 Å². The zero-order valence-electron chi connectivity index (χ0n) is 13.4. The molecule has 0 spiro atoms. The molecule has 0 unspecified atom stereocenters. The van der Waals surface area contributed by atoms with Crippen molar-refractivity contribution in [3.05, 3.63) is 54.1 Å². The molecule has 2 aromatic carbocycles. The number of hydrogen-bond acceptors (Lipinski definition) is 4. The number of aromatic hydroxyl groups is 1. The first-order valence-corrected chi connectivity index (χ1v) is 6.60. The van der Waals surface area contributed by atoms with Crippen molar-refractivity contribution < 1.29 is 29.0 Å². The second-order valence-corrected chi connectivity index (χ2v) is 4.34. The van der Waals surface area contributed by atoms with Gasteiger partial charge in [-0.2, -0.15) is 6.41 Å². The third-order valence-electron chi connectivity index (χ3n) is 2.54. The summed E-state index contributed by atoms with van der Waals surface area (Å²) in [5, 5.41) is 19.0. The number of phenolic OH excluding ortho intramolecular Hbond substituents is 1. The second-order valence-electron chi connectivity index (χ2n) is 4.34. The molecule has 2 aromatic rings. The van der Waals surface area contributed by atoms with Gasteiger partial charge in [0, 0.05) is 0 Å². The molecular weight excluding hydrogens is 831 g/mol. The molecule has 152 valence electrons. The normalized spacial score (nSPS) is 7.92. The van der Waals surface area contributed by atoms with E-state index in [9.17, 15) is 19.1 Å². The molecule has 1 amide bonds. The summed E-state index contributed by atoms with van der Waals surface area (Å²) >= 11 is 0. The van der Waals surface area contributed by atoms with E-state index < -0.39 is 5.97 Å². The maximum Gasteiger partial charge on any atom is 0.320 e. The molecule has 0 aliphatic carbocycles. The van der Waals surface area contributed by atoms with Crippen LogP contribution in [0.4, 0.5) is 4.39 Å². The molecule has 0 aliphatic rings. The minimum atomic E-state index is -1.07. The van der Waals surface area contributed by atoms with Crippen molar-refractivity contribution in [2.45, 2.75) is 6.92 Å². The molecule has 0 saturated carbocycles. The van der Waals surface area contributed by atoms with E-state index in [1.807, 2.05) is 17.4 Å². The number of aryl methyl sites for hydroxylation is 1. The summed E-state index contributed by atoms with van der Waals surface area (Å²) in [6.45, 7) is 1.70. The van der Waals surface area contributed by atoms with Crippen LogP contribution in [-0.4, -0.2) is 35.7 Å². The first-order chi connectivity index (χ1) is 11.4. The van der Waals surface area contributed by atoms with Crippen LogP contribution in [0.5, 0.6) is 5.75 Å². The van der Waals surface area contributed by atoms with Crippen molar-refractivity contribution in [2.24, 2.45) is 0 Å². The standard InChI is InChI=1S/C13H12O.C3H4NO3.CFO.2Fm/c1-10-5-7-11(8-6-10)12-3-2-4-13(14)9-12;5-2-4-1-3(6)7;2-1-3;;/h2-9,14H,1H3;1H2,(H,4,5)(H,6,7);;;/q;2*-1;;. The Morgan fingerprint density at radius 1 is 1.08 bits per heavy atom. The predicted octanol–water partition coefficient (Wildman–Crippen LogP) is 2.12. The summed E-state index contributed by atoms with van der Waals surface area (Å²) in [6, 6.07) is 15.5. The molecule has 0 aromatic heterocycles. The summed E-state index contributed by atoms with van der Waals surface area (Å²) in [7, 11) is 0. The number of phenols is 1. The SMILES string of the molecule is Cc1ccc(-c2cccc(O)c2)cc1.O=[C-]F.O=[C-]NCC(=O)O.[Fm].[Fm]. The van der Waals surface area contributed by atoms with Crippen LogP contribution in [0, 0.1) is 6.92 Å². The molecule has 0 fully saturated rings. The third-order valence-corrected chi connectivity index (χ3v) is 2.54. The number of carbonyl (C=O) groups is 1. The van der Waals surface area contributed by atoms with Crippen LogP contribution in [0.3, 0.4) is 0 Å². The van der Waals surface area contributed by atoms with Gasteiger partial charge in [0.1, 0.15) is 5.75 Å². The molecule has 0 aliphatic heterocycles.